The van der Waals surface area contributed by atoms with Crippen LogP contribution in [0.4, 0.5) is 0 Å². The van der Waals surface area contributed by atoms with Crippen molar-refractivity contribution in [2.75, 3.05) is 7.11 Å². The Kier molecular flexibility index (Phi) is 2.71. The molecule has 1 atom stereocenters. The average Bonchev–Trinajstić information content (AvgIpc) is 2.38. The predicted octanol–water partition coefficient (Wildman–Crippen LogP) is 2.92. The minimum atomic E-state index is -0.452. The summed E-state index contributed by atoms with van der Waals surface area (Å²) in [6.07, 6.45) is 2.27. The Morgan fingerprint density at radius 3 is 3.00 bits per heavy atom. The fourth-order valence-electron chi connectivity index (χ4n) is 2.82. The molecule has 0 spiro atoms. The molecule has 3 heteroatoms. The lowest BCUT2D eigenvalue weighted by atomic mass is 9.91. The molecule has 1 aromatic heterocycles. The fourth-order valence-corrected chi connectivity index (χ4v) is 2.82. The van der Waals surface area contributed by atoms with E-state index in [2.05, 4.69) is 4.98 Å². The molecule has 0 aliphatic heterocycles. The number of aryl methyl sites for hydroxylation is 1. The SMILES string of the molecule is COc1c2c(nc3c(C)cccc13)C(O)CCC2. The van der Waals surface area contributed by atoms with Gasteiger partial charge in [-0.05, 0) is 37.8 Å². The first kappa shape index (κ1) is 11.5. The number of para-hydroxylation sites is 1. The Labute approximate surface area is 106 Å². The van der Waals surface area contributed by atoms with Gasteiger partial charge in [0.1, 0.15) is 5.75 Å². The summed E-state index contributed by atoms with van der Waals surface area (Å²) in [7, 11) is 1.69. The monoisotopic (exact) mass is 243 g/mol. The summed E-state index contributed by atoms with van der Waals surface area (Å²) < 4.78 is 5.58. The maximum absolute atomic E-state index is 10.1. The summed E-state index contributed by atoms with van der Waals surface area (Å²) in [5, 5.41) is 11.2. The van der Waals surface area contributed by atoms with Crippen LogP contribution in [0.2, 0.25) is 0 Å². The van der Waals surface area contributed by atoms with Crippen molar-refractivity contribution < 1.29 is 9.84 Å². The number of pyridine rings is 1. The van der Waals surface area contributed by atoms with Crippen LogP contribution in [-0.2, 0) is 6.42 Å². The van der Waals surface area contributed by atoms with Crippen molar-refractivity contribution in [2.45, 2.75) is 32.3 Å². The Bertz CT molecular complexity index is 607. The largest absolute Gasteiger partial charge is 0.496 e. The first-order chi connectivity index (χ1) is 8.72. The van der Waals surface area contributed by atoms with Gasteiger partial charge in [0.05, 0.1) is 24.4 Å². The highest BCUT2D eigenvalue weighted by molar-refractivity contribution is 5.89. The van der Waals surface area contributed by atoms with Crippen molar-refractivity contribution in [1.82, 2.24) is 4.98 Å². The molecular formula is C15H17NO2. The van der Waals surface area contributed by atoms with Gasteiger partial charge in [-0.1, -0.05) is 12.1 Å². The number of hydrogen-bond donors (Lipinski definition) is 1. The van der Waals surface area contributed by atoms with Crippen LogP contribution in [-0.4, -0.2) is 17.2 Å². The molecule has 0 fully saturated rings. The van der Waals surface area contributed by atoms with Gasteiger partial charge in [0.15, 0.2) is 0 Å². The van der Waals surface area contributed by atoms with Crippen LogP contribution < -0.4 is 4.74 Å². The number of aliphatic hydroxyl groups excluding tert-OH is 1. The molecule has 3 rings (SSSR count). The van der Waals surface area contributed by atoms with E-state index in [1.807, 2.05) is 25.1 Å². The molecule has 1 N–H and O–H groups in total. The predicted molar refractivity (Wildman–Crippen MR) is 70.9 cm³/mol. The zero-order valence-electron chi connectivity index (χ0n) is 10.7. The first-order valence-corrected chi connectivity index (χ1v) is 6.36. The molecule has 1 aromatic carbocycles. The van der Waals surface area contributed by atoms with Crippen molar-refractivity contribution in [3.8, 4) is 5.75 Å². The normalized spacial score (nSPS) is 18.7. The first-order valence-electron chi connectivity index (χ1n) is 6.36. The lowest BCUT2D eigenvalue weighted by Gasteiger charge is -2.23. The molecule has 1 heterocycles. The standard InChI is InChI=1S/C15H17NO2/c1-9-5-3-6-10-13(9)16-14-11(15(10)18-2)7-4-8-12(14)17/h3,5-6,12,17H,4,7-8H2,1-2H3. The molecule has 2 aromatic rings. The van der Waals surface area contributed by atoms with Gasteiger partial charge < -0.3 is 9.84 Å². The maximum atomic E-state index is 10.1. The maximum Gasteiger partial charge on any atom is 0.133 e. The summed E-state index contributed by atoms with van der Waals surface area (Å²) >= 11 is 0. The number of hydrogen-bond acceptors (Lipinski definition) is 3. The van der Waals surface area contributed by atoms with Crippen molar-refractivity contribution in [2.24, 2.45) is 0 Å². The van der Waals surface area contributed by atoms with E-state index < -0.39 is 6.10 Å². The number of ether oxygens (including phenoxy) is 1. The minimum Gasteiger partial charge on any atom is -0.496 e. The Balaban J connectivity index is 2.40. The molecule has 0 amide bonds. The van der Waals surface area contributed by atoms with Crippen molar-refractivity contribution in [3.63, 3.8) is 0 Å². The zero-order valence-corrected chi connectivity index (χ0v) is 10.7. The van der Waals surface area contributed by atoms with Gasteiger partial charge in [-0.2, -0.15) is 0 Å². The number of methoxy groups -OCH3 is 1. The molecule has 0 saturated carbocycles. The smallest absolute Gasteiger partial charge is 0.133 e. The highest BCUT2D eigenvalue weighted by Gasteiger charge is 2.25. The fraction of sp³-hybridized carbons (Fsp3) is 0.400. The van der Waals surface area contributed by atoms with Gasteiger partial charge in [-0.3, -0.25) is 0 Å². The summed E-state index contributed by atoms with van der Waals surface area (Å²) in [6.45, 7) is 2.04. The van der Waals surface area contributed by atoms with E-state index in [0.29, 0.717) is 0 Å². The topological polar surface area (TPSA) is 42.4 Å². The van der Waals surface area contributed by atoms with Gasteiger partial charge in [-0.25, -0.2) is 4.98 Å². The molecule has 18 heavy (non-hydrogen) atoms. The Hall–Kier alpha value is -1.61. The summed E-state index contributed by atoms with van der Waals surface area (Å²) in [6, 6.07) is 6.10. The van der Waals surface area contributed by atoms with Crippen LogP contribution >= 0.6 is 0 Å². The van der Waals surface area contributed by atoms with Crippen LogP contribution in [0.3, 0.4) is 0 Å². The molecule has 0 saturated heterocycles. The van der Waals surface area contributed by atoms with E-state index in [4.69, 9.17) is 4.74 Å². The molecule has 0 radical (unpaired) electrons. The highest BCUT2D eigenvalue weighted by Crippen LogP contribution is 2.39. The van der Waals surface area contributed by atoms with Gasteiger partial charge in [0.2, 0.25) is 0 Å². The zero-order chi connectivity index (χ0) is 12.7. The van der Waals surface area contributed by atoms with Crippen LogP contribution in [0.5, 0.6) is 5.75 Å². The van der Waals surface area contributed by atoms with E-state index in [1.165, 1.54) is 0 Å². The van der Waals surface area contributed by atoms with E-state index in [0.717, 1.165) is 52.7 Å². The minimum absolute atomic E-state index is 0.452. The Morgan fingerprint density at radius 2 is 2.22 bits per heavy atom. The second kappa shape index (κ2) is 4.25. The molecule has 94 valence electrons. The summed E-state index contributed by atoms with van der Waals surface area (Å²) in [4.78, 5) is 4.67. The number of rotatable bonds is 1. The Morgan fingerprint density at radius 1 is 1.39 bits per heavy atom. The molecule has 1 aliphatic carbocycles. The average molecular weight is 243 g/mol. The van der Waals surface area contributed by atoms with Crippen LogP contribution in [0, 0.1) is 6.92 Å². The van der Waals surface area contributed by atoms with Crippen molar-refractivity contribution >= 4 is 10.9 Å². The molecule has 1 aliphatic rings. The van der Waals surface area contributed by atoms with Crippen LogP contribution in [0.1, 0.15) is 35.8 Å². The third-order valence-electron chi connectivity index (χ3n) is 3.72. The molecule has 0 bridgehead atoms. The van der Waals surface area contributed by atoms with Crippen LogP contribution in [0.25, 0.3) is 10.9 Å². The van der Waals surface area contributed by atoms with Gasteiger partial charge in [0, 0.05) is 10.9 Å². The molecule has 1 unspecified atom stereocenters. The van der Waals surface area contributed by atoms with Crippen LogP contribution in [0.15, 0.2) is 18.2 Å². The quantitative estimate of drug-likeness (QED) is 0.837. The number of nitrogens with zero attached hydrogens (tertiary/aromatic N) is 1. The lowest BCUT2D eigenvalue weighted by molar-refractivity contribution is 0.151. The van der Waals surface area contributed by atoms with E-state index >= 15 is 0 Å². The van der Waals surface area contributed by atoms with Gasteiger partial charge in [-0.15, -0.1) is 0 Å². The number of aromatic nitrogens is 1. The number of fused-ring (bicyclic) bond motifs is 2. The van der Waals surface area contributed by atoms with E-state index in [1.54, 1.807) is 7.11 Å². The van der Waals surface area contributed by atoms with Gasteiger partial charge >= 0.3 is 0 Å². The van der Waals surface area contributed by atoms with Crippen molar-refractivity contribution in [3.05, 3.63) is 35.0 Å². The second-order valence-electron chi connectivity index (χ2n) is 4.89. The van der Waals surface area contributed by atoms with E-state index in [-0.39, 0.29) is 0 Å². The summed E-state index contributed by atoms with van der Waals surface area (Å²) in [5.41, 5.74) is 3.94. The highest BCUT2D eigenvalue weighted by atomic mass is 16.5. The molecular weight excluding hydrogens is 226 g/mol. The number of benzene rings is 1. The van der Waals surface area contributed by atoms with Crippen molar-refractivity contribution in [1.29, 1.82) is 0 Å². The summed E-state index contributed by atoms with van der Waals surface area (Å²) in [5.74, 6) is 0.887. The third-order valence-corrected chi connectivity index (χ3v) is 3.72. The second-order valence-corrected chi connectivity index (χ2v) is 4.89. The van der Waals surface area contributed by atoms with Gasteiger partial charge in [0.25, 0.3) is 0 Å². The van der Waals surface area contributed by atoms with E-state index in [9.17, 15) is 5.11 Å². The molecule has 3 nitrogen and oxygen atoms in total. The third kappa shape index (κ3) is 1.58. The number of aliphatic hydroxyl groups is 1. The lowest BCUT2D eigenvalue weighted by Crippen LogP contribution is -2.13.